The number of halogens is 2. The largest absolute Gasteiger partial charge is 0.465 e. The smallest absolute Gasteiger partial charge is 0.407 e. The Morgan fingerprint density at radius 2 is 1.98 bits per heavy atom. The van der Waals surface area contributed by atoms with Crippen LogP contribution in [0.4, 0.5) is 19.3 Å². The summed E-state index contributed by atoms with van der Waals surface area (Å²) < 4.78 is 42.0. The van der Waals surface area contributed by atoms with E-state index in [-0.39, 0.29) is 66.1 Å². The van der Waals surface area contributed by atoms with Crippen LogP contribution in [0.15, 0.2) is 33.5 Å². The number of hydrogen-bond donors (Lipinski definition) is 3. The van der Waals surface area contributed by atoms with Crippen molar-refractivity contribution in [2.45, 2.75) is 38.5 Å². The Morgan fingerprint density at radius 1 is 1.20 bits per heavy atom. The molecule has 208 valence electrons. The molecule has 6 rings (SSSR count). The zero-order chi connectivity index (χ0) is 28.3. The van der Waals surface area contributed by atoms with Gasteiger partial charge in [0.15, 0.2) is 17.2 Å². The van der Waals surface area contributed by atoms with Crippen molar-refractivity contribution >= 4 is 39.7 Å². The summed E-state index contributed by atoms with van der Waals surface area (Å²) in [7, 11) is 0. The number of benzene rings is 2. The average Bonchev–Trinajstić information content (AvgIpc) is 3.67. The van der Waals surface area contributed by atoms with E-state index in [1.54, 1.807) is 23.6 Å². The summed E-state index contributed by atoms with van der Waals surface area (Å²) >= 11 is 0. The Balaban J connectivity index is 1.38. The number of nitrogens with zero attached hydrogens (tertiary/aromatic N) is 3. The highest BCUT2D eigenvalue weighted by atomic mass is 19.1. The topological polar surface area (TPSA) is 153 Å². The van der Waals surface area contributed by atoms with E-state index < -0.39 is 29.7 Å². The standard InChI is InChI=1S/C27H25F2N5O6/c1-12-14(16-8-18(29)19(30)9-17(16)28)4-5-15-23(12)34(13-2-3-13)26(36)22-24(15)40-21(32-22)10-31-25(35)20-11-33(27(37)38)6-7-39-20/h4-5,8-9,13,20H,2-3,6-7,10-11,30H2,1H3,(H,31,35)(H,37,38)/t20-/m1/s1. The number of pyridine rings is 1. The molecule has 1 aliphatic carbocycles. The number of aryl methyl sites for hydroxylation is 1. The molecule has 40 heavy (non-hydrogen) atoms. The number of hydrogen-bond acceptors (Lipinski definition) is 7. The highest BCUT2D eigenvalue weighted by Crippen LogP contribution is 2.41. The van der Waals surface area contributed by atoms with Crippen molar-refractivity contribution in [2.24, 2.45) is 0 Å². The van der Waals surface area contributed by atoms with Crippen LogP contribution in [0.2, 0.25) is 0 Å². The number of anilines is 1. The van der Waals surface area contributed by atoms with Crippen molar-refractivity contribution in [1.82, 2.24) is 19.8 Å². The fraction of sp³-hybridized carbons (Fsp3) is 0.333. The molecule has 0 unspecified atom stereocenters. The maximum absolute atomic E-state index is 14.8. The molecule has 2 aromatic carbocycles. The van der Waals surface area contributed by atoms with Gasteiger partial charge in [0.1, 0.15) is 11.6 Å². The van der Waals surface area contributed by atoms with Crippen LogP contribution in [-0.2, 0) is 16.1 Å². The Kier molecular flexibility index (Phi) is 6.17. The van der Waals surface area contributed by atoms with Crippen LogP contribution in [0.5, 0.6) is 0 Å². The van der Waals surface area contributed by atoms with Crippen molar-refractivity contribution in [3.63, 3.8) is 0 Å². The van der Waals surface area contributed by atoms with Crippen LogP contribution in [0.25, 0.3) is 33.1 Å². The first-order valence-corrected chi connectivity index (χ1v) is 12.7. The lowest BCUT2D eigenvalue weighted by Crippen LogP contribution is -2.51. The number of carboxylic acid groups (broad SMARTS) is 1. The number of nitrogen functional groups attached to an aromatic ring is 1. The molecule has 4 aromatic rings. The number of oxazole rings is 1. The molecule has 0 radical (unpaired) electrons. The van der Waals surface area contributed by atoms with Gasteiger partial charge in [0.05, 0.1) is 30.9 Å². The SMILES string of the molecule is Cc1c(-c2cc(F)c(N)cc2F)ccc2c3oc(CNC(=O)[C@H]4CN(C(=O)O)CCO4)nc3c(=O)n(C3CC3)c12. The molecule has 0 spiro atoms. The molecule has 2 aromatic heterocycles. The number of morpholine rings is 1. The summed E-state index contributed by atoms with van der Waals surface area (Å²) in [5.41, 5.74) is 6.66. The number of nitrogens with one attached hydrogen (secondary N) is 1. The van der Waals surface area contributed by atoms with Crippen LogP contribution in [-0.4, -0.2) is 57.4 Å². The fourth-order valence-corrected chi connectivity index (χ4v) is 5.18. The van der Waals surface area contributed by atoms with E-state index in [0.29, 0.717) is 22.0 Å². The summed E-state index contributed by atoms with van der Waals surface area (Å²) in [5.74, 6) is -1.89. The first-order chi connectivity index (χ1) is 19.1. The molecule has 2 fully saturated rings. The average molecular weight is 554 g/mol. The molecule has 2 amide bonds. The molecule has 3 heterocycles. The van der Waals surface area contributed by atoms with E-state index in [1.807, 2.05) is 0 Å². The third-order valence-corrected chi connectivity index (χ3v) is 7.34. The first-order valence-electron chi connectivity index (χ1n) is 12.7. The van der Waals surface area contributed by atoms with Crippen molar-refractivity contribution in [1.29, 1.82) is 0 Å². The third-order valence-electron chi connectivity index (χ3n) is 7.34. The molecule has 13 heteroatoms. The van der Waals surface area contributed by atoms with Crippen LogP contribution in [0.1, 0.15) is 30.3 Å². The van der Waals surface area contributed by atoms with Gasteiger partial charge in [-0.25, -0.2) is 18.6 Å². The number of nitrogens with two attached hydrogens (primary N) is 1. The van der Waals surface area contributed by atoms with E-state index in [1.165, 1.54) is 0 Å². The number of fused-ring (bicyclic) bond motifs is 3. The second-order valence-electron chi connectivity index (χ2n) is 9.99. The van der Waals surface area contributed by atoms with Gasteiger partial charge in [0.2, 0.25) is 5.89 Å². The second kappa shape index (κ2) is 9.59. The normalized spacial score (nSPS) is 17.5. The summed E-state index contributed by atoms with van der Waals surface area (Å²) in [5, 5.41) is 12.4. The molecule has 1 saturated carbocycles. The van der Waals surface area contributed by atoms with Crippen LogP contribution < -0.4 is 16.6 Å². The van der Waals surface area contributed by atoms with Gasteiger partial charge in [-0.1, -0.05) is 6.07 Å². The van der Waals surface area contributed by atoms with E-state index in [2.05, 4.69) is 10.3 Å². The van der Waals surface area contributed by atoms with Crippen LogP contribution in [0, 0.1) is 18.6 Å². The molecule has 1 aliphatic heterocycles. The highest BCUT2D eigenvalue weighted by molar-refractivity contribution is 6.04. The summed E-state index contributed by atoms with van der Waals surface area (Å²) in [6, 6.07) is 5.21. The number of aromatic nitrogens is 2. The van der Waals surface area contributed by atoms with Crippen molar-refractivity contribution in [3.05, 3.63) is 57.7 Å². The molecule has 1 atom stereocenters. The summed E-state index contributed by atoms with van der Waals surface area (Å²) in [6.07, 6.45) is -0.557. The maximum Gasteiger partial charge on any atom is 0.407 e. The van der Waals surface area contributed by atoms with Gasteiger partial charge in [-0.05, 0) is 43.0 Å². The lowest BCUT2D eigenvalue weighted by atomic mass is 9.96. The number of carbonyl (C=O) groups is 2. The Morgan fingerprint density at radius 3 is 2.70 bits per heavy atom. The molecule has 1 saturated heterocycles. The zero-order valence-electron chi connectivity index (χ0n) is 21.4. The Hall–Kier alpha value is -4.52. The van der Waals surface area contributed by atoms with Crippen LogP contribution >= 0.6 is 0 Å². The van der Waals surface area contributed by atoms with E-state index in [4.69, 9.17) is 14.9 Å². The molecule has 4 N–H and O–H groups in total. The molecule has 2 aliphatic rings. The maximum atomic E-state index is 14.8. The zero-order valence-corrected chi connectivity index (χ0v) is 21.4. The second-order valence-corrected chi connectivity index (χ2v) is 9.99. The van der Waals surface area contributed by atoms with Crippen molar-refractivity contribution < 1.29 is 32.6 Å². The third kappa shape index (κ3) is 4.31. The monoisotopic (exact) mass is 553 g/mol. The lowest BCUT2D eigenvalue weighted by Gasteiger charge is -2.29. The van der Waals surface area contributed by atoms with E-state index >= 15 is 0 Å². The predicted molar refractivity (Wildman–Crippen MR) is 140 cm³/mol. The van der Waals surface area contributed by atoms with Gasteiger partial charge < -0.3 is 34.8 Å². The Labute approximate surface area is 225 Å². The Bertz CT molecular complexity index is 1760. The molecule has 11 nitrogen and oxygen atoms in total. The number of carbonyl (C=O) groups excluding carboxylic acids is 1. The minimum absolute atomic E-state index is 0.0216. The van der Waals surface area contributed by atoms with Crippen molar-refractivity contribution in [2.75, 3.05) is 25.4 Å². The molecular formula is C27H25F2N5O6. The summed E-state index contributed by atoms with van der Waals surface area (Å²) in [4.78, 5) is 42.9. The lowest BCUT2D eigenvalue weighted by molar-refractivity contribution is -0.137. The summed E-state index contributed by atoms with van der Waals surface area (Å²) in [6.45, 7) is 1.74. The van der Waals surface area contributed by atoms with Gasteiger partial charge in [0.25, 0.3) is 11.5 Å². The van der Waals surface area contributed by atoms with Crippen molar-refractivity contribution in [3.8, 4) is 11.1 Å². The number of ether oxygens (including phenoxy) is 1. The highest BCUT2D eigenvalue weighted by Gasteiger charge is 2.32. The minimum Gasteiger partial charge on any atom is -0.465 e. The predicted octanol–water partition coefficient (Wildman–Crippen LogP) is 3.31. The first kappa shape index (κ1) is 25.7. The molecular weight excluding hydrogens is 528 g/mol. The number of amides is 2. The van der Waals surface area contributed by atoms with Gasteiger partial charge >= 0.3 is 6.09 Å². The minimum atomic E-state index is -1.14. The van der Waals surface area contributed by atoms with Gasteiger partial charge in [-0.3, -0.25) is 9.59 Å². The van der Waals surface area contributed by atoms with Gasteiger partial charge in [0, 0.05) is 29.6 Å². The van der Waals surface area contributed by atoms with Crippen LogP contribution in [0.3, 0.4) is 0 Å². The number of rotatable bonds is 5. The van der Waals surface area contributed by atoms with E-state index in [9.17, 15) is 28.3 Å². The molecule has 0 bridgehead atoms. The fourth-order valence-electron chi connectivity index (χ4n) is 5.18. The quantitative estimate of drug-likeness (QED) is 0.318. The van der Waals surface area contributed by atoms with Gasteiger partial charge in [-0.15, -0.1) is 0 Å². The van der Waals surface area contributed by atoms with Gasteiger partial charge in [-0.2, -0.15) is 0 Å². The van der Waals surface area contributed by atoms with E-state index in [0.717, 1.165) is 29.9 Å².